The number of nitrogens with one attached hydrogen (secondary N) is 1. The van der Waals surface area contributed by atoms with Crippen molar-refractivity contribution in [3.63, 3.8) is 0 Å². The van der Waals surface area contributed by atoms with Gasteiger partial charge in [-0.05, 0) is 28.3 Å². The summed E-state index contributed by atoms with van der Waals surface area (Å²) >= 11 is 3.44. The van der Waals surface area contributed by atoms with Gasteiger partial charge in [-0.2, -0.15) is 0 Å². The van der Waals surface area contributed by atoms with Crippen LogP contribution in [0.2, 0.25) is 0 Å². The first-order valence-electron chi connectivity index (χ1n) is 5.88. The van der Waals surface area contributed by atoms with Gasteiger partial charge in [0.15, 0.2) is 11.5 Å². The average molecular weight is 297 g/mol. The molecule has 2 aromatic heterocycles. The fourth-order valence-corrected chi connectivity index (χ4v) is 2.07. The van der Waals surface area contributed by atoms with E-state index in [2.05, 4.69) is 56.4 Å². The second-order valence-electron chi connectivity index (χ2n) is 4.48. The SMILES string of the molecule is CCc1cnc2c(NCC(C)C)nc(Br)cn12. The summed E-state index contributed by atoms with van der Waals surface area (Å²) in [5.74, 6) is 1.42. The summed E-state index contributed by atoms with van der Waals surface area (Å²) < 4.78 is 2.91. The Morgan fingerprint density at radius 3 is 2.88 bits per heavy atom. The van der Waals surface area contributed by atoms with E-state index < -0.39 is 0 Å². The maximum absolute atomic E-state index is 4.44. The molecule has 0 saturated carbocycles. The van der Waals surface area contributed by atoms with Crippen LogP contribution in [0.25, 0.3) is 5.65 Å². The second kappa shape index (κ2) is 5.04. The third kappa shape index (κ3) is 2.60. The molecular formula is C12H17BrN4. The number of imidazole rings is 1. The third-order valence-corrected chi connectivity index (χ3v) is 2.96. The molecule has 0 bridgehead atoms. The predicted octanol–water partition coefficient (Wildman–Crippen LogP) is 3.12. The summed E-state index contributed by atoms with van der Waals surface area (Å²) in [5.41, 5.74) is 2.08. The number of anilines is 1. The highest BCUT2D eigenvalue weighted by Crippen LogP contribution is 2.19. The van der Waals surface area contributed by atoms with Crippen LogP contribution >= 0.6 is 15.9 Å². The molecule has 92 valence electrons. The van der Waals surface area contributed by atoms with Crippen molar-refractivity contribution in [1.82, 2.24) is 14.4 Å². The van der Waals surface area contributed by atoms with Gasteiger partial charge in [0.2, 0.25) is 0 Å². The zero-order valence-electron chi connectivity index (χ0n) is 10.4. The molecule has 0 fully saturated rings. The van der Waals surface area contributed by atoms with Crippen molar-refractivity contribution in [2.75, 3.05) is 11.9 Å². The van der Waals surface area contributed by atoms with E-state index >= 15 is 0 Å². The first-order valence-corrected chi connectivity index (χ1v) is 6.67. The van der Waals surface area contributed by atoms with Crippen molar-refractivity contribution >= 4 is 27.4 Å². The lowest BCUT2D eigenvalue weighted by Gasteiger charge is -2.10. The first kappa shape index (κ1) is 12.4. The molecule has 0 aliphatic rings. The van der Waals surface area contributed by atoms with Crippen LogP contribution in [-0.4, -0.2) is 20.9 Å². The normalized spacial score (nSPS) is 11.4. The van der Waals surface area contributed by atoms with E-state index in [0.29, 0.717) is 5.92 Å². The van der Waals surface area contributed by atoms with Gasteiger partial charge in [0.05, 0.1) is 0 Å². The molecule has 0 radical (unpaired) electrons. The summed E-state index contributed by atoms with van der Waals surface area (Å²) in [6.07, 6.45) is 4.83. The van der Waals surface area contributed by atoms with Gasteiger partial charge in [0.1, 0.15) is 4.60 Å². The van der Waals surface area contributed by atoms with Gasteiger partial charge in [-0.25, -0.2) is 9.97 Å². The number of aromatic nitrogens is 3. The minimum atomic E-state index is 0.580. The van der Waals surface area contributed by atoms with Crippen LogP contribution in [0, 0.1) is 5.92 Å². The van der Waals surface area contributed by atoms with Gasteiger partial charge in [0, 0.05) is 24.6 Å². The molecule has 0 spiro atoms. The summed E-state index contributed by atoms with van der Waals surface area (Å²) in [6.45, 7) is 7.36. The van der Waals surface area contributed by atoms with E-state index in [4.69, 9.17) is 0 Å². The van der Waals surface area contributed by atoms with Crippen molar-refractivity contribution in [1.29, 1.82) is 0 Å². The van der Waals surface area contributed by atoms with E-state index in [-0.39, 0.29) is 0 Å². The van der Waals surface area contributed by atoms with Crippen LogP contribution in [0.5, 0.6) is 0 Å². The van der Waals surface area contributed by atoms with Crippen molar-refractivity contribution in [3.8, 4) is 0 Å². The largest absolute Gasteiger partial charge is 0.367 e. The average Bonchev–Trinajstić information content (AvgIpc) is 2.68. The highest BCUT2D eigenvalue weighted by atomic mass is 79.9. The van der Waals surface area contributed by atoms with Gasteiger partial charge in [0.25, 0.3) is 0 Å². The van der Waals surface area contributed by atoms with Crippen molar-refractivity contribution in [2.45, 2.75) is 27.2 Å². The van der Waals surface area contributed by atoms with Gasteiger partial charge in [-0.15, -0.1) is 0 Å². The maximum atomic E-state index is 4.44. The topological polar surface area (TPSA) is 42.2 Å². The molecule has 5 heteroatoms. The predicted molar refractivity (Wildman–Crippen MR) is 73.4 cm³/mol. The second-order valence-corrected chi connectivity index (χ2v) is 5.30. The minimum Gasteiger partial charge on any atom is -0.367 e. The van der Waals surface area contributed by atoms with Gasteiger partial charge in [-0.3, -0.25) is 4.40 Å². The molecule has 0 saturated heterocycles. The van der Waals surface area contributed by atoms with Crippen LogP contribution in [0.4, 0.5) is 5.82 Å². The highest BCUT2D eigenvalue weighted by molar-refractivity contribution is 9.10. The van der Waals surface area contributed by atoms with Crippen molar-refractivity contribution in [3.05, 3.63) is 22.7 Å². The van der Waals surface area contributed by atoms with Gasteiger partial charge >= 0.3 is 0 Å². The van der Waals surface area contributed by atoms with Crippen LogP contribution < -0.4 is 5.32 Å². The molecule has 0 amide bonds. The molecular weight excluding hydrogens is 280 g/mol. The molecule has 17 heavy (non-hydrogen) atoms. The van der Waals surface area contributed by atoms with E-state index in [1.54, 1.807) is 0 Å². The third-order valence-electron chi connectivity index (χ3n) is 2.58. The minimum absolute atomic E-state index is 0.580. The molecule has 2 heterocycles. The Balaban J connectivity index is 2.43. The Hall–Kier alpha value is -1.10. The smallest absolute Gasteiger partial charge is 0.180 e. The summed E-state index contributed by atoms with van der Waals surface area (Å²) in [4.78, 5) is 8.87. The maximum Gasteiger partial charge on any atom is 0.180 e. The van der Waals surface area contributed by atoms with Crippen molar-refractivity contribution in [2.24, 2.45) is 5.92 Å². The molecule has 0 aliphatic carbocycles. The first-order chi connectivity index (χ1) is 8.11. The molecule has 2 aromatic rings. The molecule has 4 nitrogen and oxygen atoms in total. The van der Waals surface area contributed by atoms with Crippen LogP contribution in [-0.2, 0) is 6.42 Å². The van der Waals surface area contributed by atoms with E-state index in [0.717, 1.165) is 29.0 Å². The number of nitrogens with zero attached hydrogens (tertiary/aromatic N) is 3. The number of rotatable bonds is 4. The van der Waals surface area contributed by atoms with E-state index in [1.807, 2.05) is 12.4 Å². The molecule has 0 atom stereocenters. The Labute approximate surface area is 110 Å². The van der Waals surface area contributed by atoms with Gasteiger partial charge < -0.3 is 5.32 Å². The molecule has 2 rings (SSSR count). The number of halogens is 1. The fraction of sp³-hybridized carbons (Fsp3) is 0.500. The van der Waals surface area contributed by atoms with E-state index in [1.165, 1.54) is 5.69 Å². The number of hydrogen-bond donors (Lipinski definition) is 1. The lowest BCUT2D eigenvalue weighted by Crippen LogP contribution is -2.11. The van der Waals surface area contributed by atoms with Crippen molar-refractivity contribution < 1.29 is 0 Å². The summed E-state index contributed by atoms with van der Waals surface area (Å²) in [7, 11) is 0. The van der Waals surface area contributed by atoms with Crippen LogP contribution in [0.1, 0.15) is 26.5 Å². The van der Waals surface area contributed by atoms with E-state index in [9.17, 15) is 0 Å². The number of hydrogen-bond acceptors (Lipinski definition) is 3. The Morgan fingerprint density at radius 2 is 2.24 bits per heavy atom. The Morgan fingerprint density at radius 1 is 1.47 bits per heavy atom. The number of aryl methyl sites for hydroxylation is 1. The van der Waals surface area contributed by atoms with Crippen LogP contribution in [0.15, 0.2) is 17.0 Å². The standard InChI is InChI=1S/C12H17BrN4/c1-4-9-6-15-12-11(14-5-8(2)3)16-10(13)7-17(9)12/h6-8H,4-5H2,1-3H3,(H,14,16). The Kier molecular flexibility index (Phi) is 3.66. The summed E-state index contributed by atoms with van der Waals surface area (Å²) in [6, 6.07) is 0. The lowest BCUT2D eigenvalue weighted by atomic mass is 10.2. The van der Waals surface area contributed by atoms with Gasteiger partial charge in [-0.1, -0.05) is 20.8 Å². The van der Waals surface area contributed by atoms with Crippen LogP contribution in [0.3, 0.4) is 0 Å². The monoisotopic (exact) mass is 296 g/mol. The number of fused-ring (bicyclic) bond motifs is 1. The highest BCUT2D eigenvalue weighted by Gasteiger charge is 2.09. The molecule has 0 aromatic carbocycles. The molecule has 0 aliphatic heterocycles. The Bertz CT molecular complexity index is 518. The molecule has 1 N–H and O–H groups in total. The molecule has 0 unspecified atom stereocenters. The lowest BCUT2D eigenvalue weighted by molar-refractivity contribution is 0.687. The fourth-order valence-electron chi connectivity index (χ4n) is 1.69. The quantitative estimate of drug-likeness (QED) is 0.942. The summed E-state index contributed by atoms with van der Waals surface area (Å²) in [5, 5.41) is 3.34. The zero-order valence-corrected chi connectivity index (χ0v) is 12.0. The zero-order chi connectivity index (χ0) is 12.4.